The largest absolute Gasteiger partial charge is 0.295 e. The predicted molar refractivity (Wildman–Crippen MR) is 87.8 cm³/mol. The van der Waals surface area contributed by atoms with Crippen molar-refractivity contribution in [2.45, 2.75) is 19.4 Å². The van der Waals surface area contributed by atoms with Crippen LogP contribution < -0.4 is 0 Å². The minimum absolute atomic E-state index is 0.101. The van der Waals surface area contributed by atoms with E-state index in [4.69, 9.17) is 0 Å². The van der Waals surface area contributed by atoms with Crippen LogP contribution >= 0.6 is 0 Å². The molecule has 120 valence electrons. The summed E-state index contributed by atoms with van der Waals surface area (Å²) in [6.45, 7) is 3.50. The molecule has 1 aromatic heterocycles. The van der Waals surface area contributed by atoms with Gasteiger partial charge in [0.25, 0.3) is 5.91 Å². The summed E-state index contributed by atoms with van der Waals surface area (Å²) in [4.78, 5) is 26.4. The number of hydrogen-bond donors (Lipinski definition) is 0. The second-order valence-electron chi connectivity index (χ2n) is 5.91. The van der Waals surface area contributed by atoms with Crippen LogP contribution in [0.4, 0.5) is 4.39 Å². The summed E-state index contributed by atoms with van der Waals surface area (Å²) < 4.78 is 13.1. The molecule has 0 radical (unpaired) electrons. The summed E-state index contributed by atoms with van der Waals surface area (Å²) in [6.07, 6.45) is 3.11. The first-order valence-corrected chi connectivity index (χ1v) is 7.35. The molecule has 1 aliphatic heterocycles. The van der Waals surface area contributed by atoms with Crippen LogP contribution in [0.2, 0.25) is 0 Å². The summed E-state index contributed by atoms with van der Waals surface area (Å²) in [5, 5.41) is 0. The quantitative estimate of drug-likeness (QED) is 0.755. The first-order chi connectivity index (χ1) is 11.4. The van der Waals surface area contributed by atoms with E-state index in [1.54, 1.807) is 45.4 Å². The van der Waals surface area contributed by atoms with Crippen molar-refractivity contribution in [3.63, 3.8) is 0 Å². The minimum atomic E-state index is -0.802. The number of carbonyl (C=O) groups excluding carboxylic acids is 1. The maximum atomic E-state index is 13.1. The van der Waals surface area contributed by atoms with Gasteiger partial charge in [-0.25, -0.2) is 19.4 Å². The molecule has 1 amide bonds. The summed E-state index contributed by atoms with van der Waals surface area (Å²) in [6, 6.07) is 6.05. The Hall–Kier alpha value is -3.07. The van der Waals surface area contributed by atoms with Crippen LogP contribution in [0.25, 0.3) is 0 Å². The van der Waals surface area contributed by atoms with Gasteiger partial charge in [-0.05, 0) is 32.0 Å². The van der Waals surface area contributed by atoms with Gasteiger partial charge in [-0.3, -0.25) is 9.69 Å². The van der Waals surface area contributed by atoms with Crippen LogP contribution in [0, 0.1) is 17.7 Å². The number of carbonyl (C=O) groups is 1. The molecule has 1 aliphatic rings. The highest BCUT2D eigenvalue weighted by atomic mass is 19.1. The molecule has 0 saturated heterocycles. The Bertz CT molecular complexity index is 891. The third-order valence-electron chi connectivity index (χ3n) is 3.56. The lowest BCUT2D eigenvalue weighted by Gasteiger charge is -2.14. The number of hydrogen-bond acceptors (Lipinski definition) is 4. The Kier molecular flexibility index (Phi) is 3.86. The van der Waals surface area contributed by atoms with Crippen LogP contribution in [0.1, 0.15) is 30.8 Å². The lowest BCUT2D eigenvalue weighted by atomic mass is 10.1. The molecule has 0 fully saturated rings. The number of halogens is 1. The zero-order chi connectivity index (χ0) is 17.3. The SMILES string of the molecule is CN1C(=O)C(C)(C)N=C1c1ncc(C#Cc2cccc(F)c2)cn1. The fraction of sp³-hybridized carbons (Fsp3) is 0.222. The number of benzene rings is 1. The highest BCUT2D eigenvalue weighted by Crippen LogP contribution is 2.22. The van der Waals surface area contributed by atoms with Crippen LogP contribution in [0.15, 0.2) is 41.7 Å². The summed E-state index contributed by atoms with van der Waals surface area (Å²) in [7, 11) is 1.65. The number of nitrogens with zero attached hydrogens (tertiary/aromatic N) is 4. The fourth-order valence-corrected chi connectivity index (χ4v) is 2.31. The molecule has 3 rings (SSSR count). The zero-order valence-corrected chi connectivity index (χ0v) is 13.5. The molecule has 0 atom stereocenters. The van der Waals surface area contributed by atoms with E-state index < -0.39 is 5.54 Å². The van der Waals surface area contributed by atoms with Crippen LogP contribution in [0.3, 0.4) is 0 Å². The van der Waals surface area contributed by atoms with Crippen molar-refractivity contribution in [2.75, 3.05) is 7.05 Å². The molecule has 0 spiro atoms. The van der Waals surface area contributed by atoms with Crippen LogP contribution in [-0.2, 0) is 4.79 Å². The average Bonchev–Trinajstić information content (AvgIpc) is 2.77. The Morgan fingerprint density at radius 2 is 1.79 bits per heavy atom. The van der Waals surface area contributed by atoms with Crippen molar-refractivity contribution in [3.8, 4) is 11.8 Å². The van der Waals surface area contributed by atoms with E-state index in [0.717, 1.165) is 0 Å². The minimum Gasteiger partial charge on any atom is -0.295 e. The first kappa shape index (κ1) is 15.8. The van der Waals surface area contributed by atoms with Crippen molar-refractivity contribution in [1.29, 1.82) is 0 Å². The molecule has 2 aromatic rings. The van der Waals surface area contributed by atoms with Gasteiger partial charge in [0, 0.05) is 25.0 Å². The van der Waals surface area contributed by atoms with Crippen molar-refractivity contribution in [1.82, 2.24) is 14.9 Å². The lowest BCUT2D eigenvalue weighted by Crippen LogP contribution is -2.36. The highest BCUT2D eigenvalue weighted by Gasteiger charge is 2.40. The van der Waals surface area contributed by atoms with Gasteiger partial charge in [0.15, 0.2) is 11.7 Å². The van der Waals surface area contributed by atoms with Gasteiger partial charge < -0.3 is 0 Å². The number of amidine groups is 1. The van der Waals surface area contributed by atoms with E-state index in [0.29, 0.717) is 22.8 Å². The third kappa shape index (κ3) is 3.01. The molecule has 0 aliphatic carbocycles. The molecule has 2 heterocycles. The maximum absolute atomic E-state index is 13.1. The lowest BCUT2D eigenvalue weighted by molar-refractivity contribution is -0.129. The molecular weight excluding hydrogens is 307 g/mol. The van der Waals surface area contributed by atoms with Gasteiger partial charge >= 0.3 is 0 Å². The van der Waals surface area contributed by atoms with E-state index in [1.807, 2.05) is 0 Å². The number of likely N-dealkylation sites (N-methyl/N-ethyl adjacent to an activating group) is 1. The normalized spacial score (nSPS) is 15.8. The second-order valence-corrected chi connectivity index (χ2v) is 5.91. The topological polar surface area (TPSA) is 58.5 Å². The van der Waals surface area contributed by atoms with Crippen molar-refractivity contribution in [3.05, 3.63) is 59.4 Å². The Balaban J connectivity index is 1.84. The summed E-state index contributed by atoms with van der Waals surface area (Å²) in [5.41, 5.74) is 0.365. The van der Waals surface area contributed by atoms with Crippen molar-refractivity contribution in [2.24, 2.45) is 4.99 Å². The van der Waals surface area contributed by atoms with E-state index >= 15 is 0 Å². The second kappa shape index (κ2) is 5.85. The molecule has 5 nitrogen and oxygen atoms in total. The molecular formula is C18H15FN4O. The van der Waals surface area contributed by atoms with Gasteiger partial charge in [-0.1, -0.05) is 17.9 Å². The third-order valence-corrected chi connectivity index (χ3v) is 3.56. The maximum Gasteiger partial charge on any atom is 0.255 e. The number of amides is 1. The van der Waals surface area contributed by atoms with Gasteiger partial charge in [-0.2, -0.15) is 0 Å². The molecule has 0 N–H and O–H groups in total. The smallest absolute Gasteiger partial charge is 0.255 e. The van der Waals surface area contributed by atoms with Crippen LogP contribution in [0.5, 0.6) is 0 Å². The molecule has 6 heteroatoms. The molecule has 1 aromatic carbocycles. The van der Waals surface area contributed by atoms with E-state index in [2.05, 4.69) is 26.8 Å². The first-order valence-electron chi connectivity index (χ1n) is 7.35. The number of rotatable bonds is 1. The summed E-state index contributed by atoms with van der Waals surface area (Å²) >= 11 is 0. The highest BCUT2D eigenvalue weighted by molar-refractivity contribution is 6.13. The Morgan fingerprint density at radius 3 is 2.38 bits per heavy atom. The standard InChI is InChI=1S/C18H15FN4O/c1-18(2)17(24)23(3)16(22-18)15-20-10-13(11-21-15)8-7-12-5-4-6-14(19)9-12/h4-6,9-11H,1-3H3. The van der Waals surface area contributed by atoms with E-state index in [1.165, 1.54) is 17.0 Å². The zero-order valence-electron chi connectivity index (χ0n) is 13.5. The van der Waals surface area contributed by atoms with Crippen LogP contribution in [-0.4, -0.2) is 39.2 Å². The van der Waals surface area contributed by atoms with Crippen molar-refractivity contribution < 1.29 is 9.18 Å². The van der Waals surface area contributed by atoms with Gasteiger partial charge in [0.2, 0.25) is 0 Å². The Morgan fingerprint density at radius 1 is 1.12 bits per heavy atom. The van der Waals surface area contributed by atoms with E-state index in [9.17, 15) is 9.18 Å². The van der Waals surface area contributed by atoms with Gasteiger partial charge in [0.1, 0.15) is 11.4 Å². The number of aromatic nitrogens is 2. The predicted octanol–water partition coefficient (Wildman–Crippen LogP) is 2.01. The average molecular weight is 322 g/mol. The molecule has 0 unspecified atom stereocenters. The molecule has 0 saturated carbocycles. The van der Waals surface area contributed by atoms with Crippen molar-refractivity contribution >= 4 is 11.7 Å². The van der Waals surface area contributed by atoms with Gasteiger partial charge in [0.05, 0.1) is 5.56 Å². The fourth-order valence-electron chi connectivity index (χ4n) is 2.31. The molecule has 0 bridgehead atoms. The summed E-state index contributed by atoms with van der Waals surface area (Å²) in [5.74, 6) is 6.11. The number of aliphatic imine (C=N–C) groups is 1. The monoisotopic (exact) mass is 322 g/mol. The Labute approximate surface area is 139 Å². The van der Waals surface area contributed by atoms with E-state index in [-0.39, 0.29) is 11.7 Å². The molecule has 24 heavy (non-hydrogen) atoms. The van der Waals surface area contributed by atoms with Gasteiger partial charge in [-0.15, -0.1) is 0 Å².